The summed E-state index contributed by atoms with van der Waals surface area (Å²) in [5.74, 6) is 0.317. The van der Waals surface area contributed by atoms with Gasteiger partial charge in [-0.15, -0.1) is 0 Å². The van der Waals surface area contributed by atoms with Crippen molar-refractivity contribution in [2.75, 3.05) is 0 Å². The van der Waals surface area contributed by atoms with Crippen LogP contribution >= 0.6 is 11.6 Å². The van der Waals surface area contributed by atoms with Gasteiger partial charge in [-0.25, -0.2) is 4.98 Å². The standard InChI is InChI=1S/C11H9ClN4/c12-9-2-1-3-10(8(9)6-13)16-5-4-15-11(16)7-14/h1-5H,6,13H2. The summed E-state index contributed by atoms with van der Waals surface area (Å²) in [7, 11) is 0. The second-order valence-electron chi connectivity index (χ2n) is 3.17. The third-order valence-electron chi connectivity index (χ3n) is 2.30. The lowest BCUT2D eigenvalue weighted by Gasteiger charge is -2.10. The second kappa shape index (κ2) is 4.35. The first-order valence-corrected chi connectivity index (χ1v) is 5.07. The third-order valence-corrected chi connectivity index (χ3v) is 2.65. The fourth-order valence-corrected chi connectivity index (χ4v) is 1.80. The number of rotatable bonds is 2. The maximum atomic E-state index is 8.90. The van der Waals surface area contributed by atoms with E-state index < -0.39 is 0 Å². The van der Waals surface area contributed by atoms with Crippen LogP contribution in [-0.2, 0) is 6.54 Å². The predicted octanol–water partition coefficient (Wildman–Crippen LogP) is 1.86. The van der Waals surface area contributed by atoms with E-state index in [1.807, 2.05) is 18.2 Å². The molecule has 0 unspecified atom stereocenters. The number of benzene rings is 1. The van der Waals surface area contributed by atoms with Crippen molar-refractivity contribution in [1.29, 1.82) is 5.26 Å². The fourth-order valence-electron chi connectivity index (χ4n) is 1.56. The van der Waals surface area contributed by atoms with Crippen LogP contribution < -0.4 is 5.73 Å². The molecule has 0 saturated carbocycles. The van der Waals surface area contributed by atoms with Crippen molar-refractivity contribution in [1.82, 2.24) is 9.55 Å². The molecule has 0 aliphatic heterocycles. The van der Waals surface area contributed by atoms with Crippen LogP contribution in [-0.4, -0.2) is 9.55 Å². The molecule has 0 aliphatic carbocycles. The Morgan fingerprint density at radius 1 is 1.50 bits per heavy atom. The van der Waals surface area contributed by atoms with Crippen molar-refractivity contribution in [3.05, 3.63) is 47.0 Å². The number of hydrogen-bond acceptors (Lipinski definition) is 3. The zero-order valence-corrected chi connectivity index (χ0v) is 9.15. The molecule has 80 valence electrons. The zero-order valence-electron chi connectivity index (χ0n) is 8.39. The van der Waals surface area contributed by atoms with E-state index in [1.165, 1.54) is 0 Å². The Morgan fingerprint density at radius 3 is 3.00 bits per heavy atom. The minimum Gasteiger partial charge on any atom is -0.326 e. The number of hydrogen-bond donors (Lipinski definition) is 1. The van der Waals surface area contributed by atoms with Gasteiger partial charge in [0.25, 0.3) is 0 Å². The highest BCUT2D eigenvalue weighted by atomic mass is 35.5. The molecular formula is C11H9ClN4. The van der Waals surface area contributed by atoms with Crippen molar-refractivity contribution in [3.63, 3.8) is 0 Å². The molecule has 16 heavy (non-hydrogen) atoms. The van der Waals surface area contributed by atoms with E-state index in [-0.39, 0.29) is 0 Å². The van der Waals surface area contributed by atoms with Gasteiger partial charge in [-0.1, -0.05) is 17.7 Å². The van der Waals surface area contributed by atoms with Gasteiger partial charge in [0.1, 0.15) is 6.07 Å². The Hall–Kier alpha value is -1.83. The van der Waals surface area contributed by atoms with Crippen molar-refractivity contribution in [2.24, 2.45) is 5.73 Å². The lowest BCUT2D eigenvalue weighted by molar-refractivity contribution is 0.965. The van der Waals surface area contributed by atoms with Crippen molar-refractivity contribution in [2.45, 2.75) is 6.54 Å². The summed E-state index contributed by atoms with van der Waals surface area (Å²) in [5.41, 5.74) is 7.25. The summed E-state index contributed by atoms with van der Waals surface area (Å²) in [4.78, 5) is 3.93. The number of aromatic nitrogens is 2. The number of halogens is 1. The van der Waals surface area contributed by atoms with Crippen LogP contribution in [0.15, 0.2) is 30.6 Å². The quantitative estimate of drug-likeness (QED) is 0.859. The topological polar surface area (TPSA) is 67.6 Å². The molecule has 1 heterocycles. The molecule has 0 spiro atoms. The summed E-state index contributed by atoms with van der Waals surface area (Å²) in [5, 5.41) is 9.50. The van der Waals surface area contributed by atoms with Gasteiger partial charge in [0, 0.05) is 29.5 Å². The van der Waals surface area contributed by atoms with Gasteiger partial charge >= 0.3 is 0 Å². The Kier molecular flexibility index (Phi) is 2.91. The van der Waals surface area contributed by atoms with Crippen LogP contribution in [0.4, 0.5) is 0 Å². The Morgan fingerprint density at radius 2 is 2.31 bits per heavy atom. The Labute approximate surface area is 97.9 Å². The highest BCUT2D eigenvalue weighted by Crippen LogP contribution is 2.23. The van der Waals surface area contributed by atoms with Gasteiger partial charge in [0.15, 0.2) is 0 Å². The number of nitrogens with two attached hydrogens (primary N) is 1. The minimum atomic E-state index is 0.317. The van der Waals surface area contributed by atoms with E-state index in [0.29, 0.717) is 17.4 Å². The molecule has 4 nitrogen and oxygen atoms in total. The average molecular weight is 233 g/mol. The molecule has 0 atom stereocenters. The van der Waals surface area contributed by atoms with E-state index in [1.54, 1.807) is 23.0 Å². The van der Waals surface area contributed by atoms with E-state index in [2.05, 4.69) is 4.98 Å². The van der Waals surface area contributed by atoms with E-state index >= 15 is 0 Å². The van der Waals surface area contributed by atoms with Gasteiger partial charge in [-0.05, 0) is 12.1 Å². The van der Waals surface area contributed by atoms with Crippen molar-refractivity contribution < 1.29 is 0 Å². The van der Waals surface area contributed by atoms with Crippen LogP contribution in [0.5, 0.6) is 0 Å². The summed E-state index contributed by atoms with van der Waals surface area (Å²) >= 11 is 6.05. The molecule has 2 rings (SSSR count). The minimum absolute atomic E-state index is 0.317. The maximum Gasteiger partial charge on any atom is 0.217 e. The molecule has 0 fully saturated rings. The molecule has 0 radical (unpaired) electrons. The molecular weight excluding hydrogens is 224 g/mol. The molecule has 0 bridgehead atoms. The van der Waals surface area contributed by atoms with Gasteiger partial charge < -0.3 is 5.73 Å². The Balaban J connectivity index is 2.65. The van der Waals surface area contributed by atoms with E-state index in [4.69, 9.17) is 22.6 Å². The van der Waals surface area contributed by atoms with Gasteiger partial charge in [0.05, 0.1) is 5.69 Å². The number of nitrogens with zero attached hydrogens (tertiary/aromatic N) is 3. The third kappa shape index (κ3) is 1.67. The lowest BCUT2D eigenvalue weighted by atomic mass is 10.1. The van der Waals surface area contributed by atoms with Crippen LogP contribution in [0.25, 0.3) is 5.69 Å². The van der Waals surface area contributed by atoms with E-state index in [9.17, 15) is 0 Å². The maximum absolute atomic E-state index is 8.90. The van der Waals surface area contributed by atoms with Crippen LogP contribution in [0, 0.1) is 11.3 Å². The summed E-state index contributed by atoms with van der Waals surface area (Å²) in [6, 6.07) is 7.46. The normalized spacial score (nSPS) is 10.1. The van der Waals surface area contributed by atoms with Crippen LogP contribution in [0.2, 0.25) is 5.02 Å². The SMILES string of the molecule is N#Cc1nccn1-c1cccc(Cl)c1CN. The zero-order chi connectivity index (χ0) is 11.5. The van der Waals surface area contributed by atoms with Crippen LogP contribution in [0.1, 0.15) is 11.4 Å². The second-order valence-corrected chi connectivity index (χ2v) is 3.58. The first-order chi connectivity index (χ1) is 7.77. The van der Waals surface area contributed by atoms with Crippen LogP contribution in [0.3, 0.4) is 0 Å². The smallest absolute Gasteiger partial charge is 0.217 e. The molecule has 2 aromatic rings. The number of nitriles is 1. The van der Waals surface area contributed by atoms with E-state index in [0.717, 1.165) is 11.3 Å². The highest BCUT2D eigenvalue weighted by Gasteiger charge is 2.10. The average Bonchev–Trinajstić information content (AvgIpc) is 2.76. The number of imidazole rings is 1. The highest BCUT2D eigenvalue weighted by molar-refractivity contribution is 6.31. The largest absolute Gasteiger partial charge is 0.326 e. The first-order valence-electron chi connectivity index (χ1n) is 4.69. The van der Waals surface area contributed by atoms with Crippen molar-refractivity contribution >= 4 is 11.6 Å². The Bertz CT molecular complexity index is 553. The lowest BCUT2D eigenvalue weighted by Crippen LogP contribution is -2.06. The molecule has 1 aromatic carbocycles. The summed E-state index contributed by atoms with van der Waals surface area (Å²) < 4.78 is 1.67. The first kappa shape index (κ1) is 10.7. The summed E-state index contributed by atoms with van der Waals surface area (Å²) in [6.07, 6.45) is 3.28. The molecule has 0 saturated heterocycles. The molecule has 0 aliphatic rings. The predicted molar refractivity (Wildman–Crippen MR) is 61.2 cm³/mol. The molecule has 1 aromatic heterocycles. The fraction of sp³-hybridized carbons (Fsp3) is 0.0909. The summed E-state index contributed by atoms with van der Waals surface area (Å²) in [6.45, 7) is 0.318. The monoisotopic (exact) mass is 232 g/mol. The van der Waals surface area contributed by atoms with Gasteiger partial charge in [-0.3, -0.25) is 4.57 Å². The van der Waals surface area contributed by atoms with Gasteiger partial charge in [0.2, 0.25) is 5.82 Å². The van der Waals surface area contributed by atoms with Crippen molar-refractivity contribution in [3.8, 4) is 11.8 Å². The molecule has 0 amide bonds. The molecule has 2 N–H and O–H groups in total. The van der Waals surface area contributed by atoms with Gasteiger partial charge in [-0.2, -0.15) is 5.26 Å². The molecule has 5 heteroatoms.